The first-order chi connectivity index (χ1) is 10.6. The van der Waals surface area contributed by atoms with Crippen LogP contribution >= 0.6 is 0 Å². The summed E-state index contributed by atoms with van der Waals surface area (Å²) in [6.45, 7) is 3.60. The Kier molecular flexibility index (Phi) is 4.85. The molecular weight excluding hydrogens is 304 g/mol. The van der Waals surface area contributed by atoms with Gasteiger partial charge in [-0.3, -0.25) is 0 Å². The molecule has 0 saturated carbocycles. The Bertz CT molecular complexity index is 612. The zero-order chi connectivity index (χ0) is 15.4. The number of rotatable bonds is 5. The van der Waals surface area contributed by atoms with Crippen molar-refractivity contribution in [3.8, 4) is 11.5 Å². The lowest BCUT2D eigenvalue weighted by atomic mass is 10.1. The zero-order valence-corrected chi connectivity index (χ0v) is 13.3. The fourth-order valence-electron chi connectivity index (χ4n) is 2.75. The van der Waals surface area contributed by atoms with Crippen LogP contribution in [0.3, 0.4) is 0 Å². The third-order valence-electron chi connectivity index (χ3n) is 4.04. The van der Waals surface area contributed by atoms with E-state index in [1.54, 1.807) is 18.2 Å². The van der Waals surface area contributed by atoms with Gasteiger partial charge in [0.05, 0.1) is 18.1 Å². The van der Waals surface area contributed by atoms with E-state index >= 15 is 0 Å². The van der Waals surface area contributed by atoms with Crippen LogP contribution in [0.25, 0.3) is 0 Å². The van der Waals surface area contributed by atoms with Gasteiger partial charge in [0.25, 0.3) is 0 Å². The molecule has 2 aliphatic heterocycles. The number of benzene rings is 1. The van der Waals surface area contributed by atoms with Crippen molar-refractivity contribution in [3.05, 3.63) is 18.2 Å². The summed E-state index contributed by atoms with van der Waals surface area (Å²) in [5, 5.41) is 3.28. The van der Waals surface area contributed by atoms with Crippen LogP contribution in [0.4, 0.5) is 0 Å². The lowest BCUT2D eigenvalue weighted by Crippen LogP contribution is -2.26. The fourth-order valence-corrected chi connectivity index (χ4v) is 3.81. The summed E-state index contributed by atoms with van der Waals surface area (Å²) in [6.07, 6.45) is 2.77. The summed E-state index contributed by atoms with van der Waals surface area (Å²) in [5.74, 6) is 1.67. The monoisotopic (exact) mass is 326 g/mol. The molecule has 1 atom stereocenters. The molecule has 122 valence electrons. The molecule has 6 nitrogen and oxygen atoms in total. The van der Waals surface area contributed by atoms with Gasteiger partial charge in [0, 0.05) is 19.0 Å². The molecule has 0 aromatic heterocycles. The van der Waals surface area contributed by atoms with Gasteiger partial charge in [0.2, 0.25) is 10.0 Å². The fraction of sp³-hybridized carbons (Fsp3) is 0.600. The Morgan fingerprint density at radius 3 is 2.82 bits per heavy atom. The number of hydrogen-bond acceptors (Lipinski definition) is 5. The molecule has 1 saturated heterocycles. The van der Waals surface area contributed by atoms with E-state index in [-0.39, 0.29) is 4.90 Å². The number of ether oxygens (including phenoxy) is 2. The Balaban J connectivity index is 1.64. The van der Waals surface area contributed by atoms with E-state index in [1.807, 2.05) is 0 Å². The molecule has 0 bridgehead atoms. The van der Waals surface area contributed by atoms with Gasteiger partial charge in [0.1, 0.15) is 0 Å². The first kappa shape index (κ1) is 15.6. The van der Waals surface area contributed by atoms with Gasteiger partial charge in [-0.25, -0.2) is 13.1 Å². The van der Waals surface area contributed by atoms with Gasteiger partial charge in [-0.2, -0.15) is 0 Å². The van der Waals surface area contributed by atoms with Crippen molar-refractivity contribution in [2.45, 2.75) is 24.2 Å². The summed E-state index contributed by atoms with van der Waals surface area (Å²) < 4.78 is 38.4. The standard InChI is InChI=1S/C15H22N2O4S/c18-22(19,17-7-5-12-4-6-16-11-12)13-2-3-14-15(10-13)21-9-1-8-20-14/h2-3,10,12,16-17H,1,4-9,11H2. The van der Waals surface area contributed by atoms with Crippen LogP contribution < -0.4 is 19.5 Å². The van der Waals surface area contributed by atoms with E-state index in [1.165, 1.54) is 0 Å². The van der Waals surface area contributed by atoms with Crippen LogP contribution in [0, 0.1) is 5.92 Å². The number of fused-ring (bicyclic) bond motifs is 1. The zero-order valence-electron chi connectivity index (χ0n) is 12.5. The van der Waals surface area contributed by atoms with Gasteiger partial charge < -0.3 is 14.8 Å². The summed E-state index contributed by atoms with van der Waals surface area (Å²) >= 11 is 0. The largest absolute Gasteiger partial charge is 0.490 e. The summed E-state index contributed by atoms with van der Waals surface area (Å²) in [5.41, 5.74) is 0. The Hall–Kier alpha value is -1.31. The van der Waals surface area contributed by atoms with Crippen molar-refractivity contribution in [2.24, 2.45) is 5.92 Å². The van der Waals surface area contributed by atoms with Gasteiger partial charge in [-0.05, 0) is 44.0 Å². The van der Waals surface area contributed by atoms with Crippen LogP contribution in [-0.4, -0.2) is 41.3 Å². The molecule has 22 heavy (non-hydrogen) atoms. The average Bonchev–Trinajstić information content (AvgIpc) is 2.90. The summed E-state index contributed by atoms with van der Waals surface area (Å²) in [7, 11) is -3.50. The molecule has 0 radical (unpaired) electrons. The lowest BCUT2D eigenvalue weighted by Gasteiger charge is -2.12. The van der Waals surface area contributed by atoms with Crippen LogP contribution in [0.15, 0.2) is 23.1 Å². The average molecular weight is 326 g/mol. The van der Waals surface area contributed by atoms with Crippen LogP contribution in [0.5, 0.6) is 11.5 Å². The highest BCUT2D eigenvalue weighted by Gasteiger charge is 2.20. The Labute approximate surface area is 131 Å². The van der Waals surface area contributed by atoms with Crippen molar-refractivity contribution in [1.82, 2.24) is 10.0 Å². The number of nitrogens with one attached hydrogen (secondary N) is 2. The normalized spacial score (nSPS) is 21.5. The van der Waals surface area contributed by atoms with Crippen molar-refractivity contribution in [1.29, 1.82) is 0 Å². The van der Waals surface area contributed by atoms with E-state index in [2.05, 4.69) is 10.0 Å². The first-order valence-corrected chi connectivity index (χ1v) is 9.23. The predicted molar refractivity (Wildman–Crippen MR) is 82.8 cm³/mol. The minimum Gasteiger partial charge on any atom is -0.490 e. The topological polar surface area (TPSA) is 76.7 Å². The van der Waals surface area contributed by atoms with Crippen molar-refractivity contribution < 1.29 is 17.9 Å². The second kappa shape index (κ2) is 6.85. The highest BCUT2D eigenvalue weighted by Crippen LogP contribution is 2.31. The van der Waals surface area contributed by atoms with Gasteiger partial charge in [0.15, 0.2) is 11.5 Å². The molecule has 2 aliphatic rings. The molecule has 1 aromatic rings. The van der Waals surface area contributed by atoms with Crippen LogP contribution in [0.1, 0.15) is 19.3 Å². The van der Waals surface area contributed by atoms with E-state index in [9.17, 15) is 8.42 Å². The van der Waals surface area contributed by atoms with Crippen LogP contribution in [-0.2, 0) is 10.0 Å². The van der Waals surface area contributed by atoms with Gasteiger partial charge >= 0.3 is 0 Å². The third-order valence-corrected chi connectivity index (χ3v) is 5.50. The lowest BCUT2D eigenvalue weighted by molar-refractivity contribution is 0.297. The quantitative estimate of drug-likeness (QED) is 0.848. The van der Waals surface area contributed by atoms with E-state index in [4.69, 9.17) is 9.47 Å². The maximum Gasteiger partial charge on any atom is 0.240 e. The first-order valence-electron chi connectivity index (χ1n) is 7.75. The molecule has 0 spiro atoms. The second-order valence-corrected chi connectivity index (χ2v) is 7.47. The molecule has 0 aliphatic carbocycles. The minimum atomic E-state index is -3.50. The molecule has 2 heterocycles. The third kappa shape index (κ3) is 3.71. The maximum atomic E-state index is 12.4. The molecule has 0 amide bonds. The van der Waals surface area contributed by atoms with Crippen molar-refractivity contribution in [3.63, 3.8) is 0 Å². The minimum absolute atomic E-state index is 0.223. The van der Waals surface area contributed by atoms with Crippen molar-refractivity contribution in [2.75, 3.05) is 32.8 Å². The van der Waals surface area contributed by atoms with Gasteiger partial charge in [-0.1, -0.05) is 0 Å². The SMILES string of the molecule is O=S(=O)(NCCC1CCNC1)c1ccc2c(c1)OCCCO2. The predicted octanol–water partition coefficient (Wildman–Crippen LogP) is 1.13. The van der Waals surface area contributed by atoms with E-state index in [0.29, 0.717) is 37.2 Å². The second-order valence-electron chi connectivity index (χ2n) is 5.70. The number of sulfonamides is 1. The molecule has 2 N–H and O–H groups in total. The molecule has 1 fully saturated rings. The molecule has 1 unspecified atom stereocenters. The molecular formula is C15H22N2O4S. The maximum absolute atomic E-state index is 12.4. The van der Waals surface area contributed by atoms with E-state index < -0.39 is 10.0 Å². The molecule has 1 aromatic carbocycles. The smallest absolute Gasteiger partial charge is 0.240 e. The van der Waals surface area contributed by atoms with E-state index in [0.717, 1.165) is 32.4 Å². The van der Waals surface area contributed by atoms with Gasteiger partial charge in [-0.15, -0.1) is 0 Å². The van der Waals surface area contributed by atoms with Crippen molar-refractivity contribution >= 4 is 10.0 Å². The Morgan fingerprint density at radius 2 is 2.05 bits per heavy atom. The number of hydrogen-bond donors (Lipinski definition) is 2. The molecule has 3 rings (SSSR count). The molecule has 7 heteroatoms. The Morgan fingerprint density at radius 1 is 1.23 bits per heavy atom. The summed E-state index contributed by atoms with van der Waals surface area (Å²) in [6, 6.07) is 4.77. The highest BCUT2D eigenvalue weighted by atomic mass is 32.2. The van der Waals surface area contributed by atoms with Crippen LogP contribution in [0.2, 0.25) is 0 Å². The highest BCUT2D eigenvalue weighted by molar-refractivity contribution is 7.89. The summed E-state index contributed by atoms with van der Waals surface area (Å²) in [4.78, 5) is 0.223.